The highest BCUT2D eigenvalue weighted by molar-refractivity contribution is 8.37. The Morgan fingerprint density at radius 2 is 0.584 bits per heavy atom. The lowest BCUT2D eigenvalue weighted by molar-refractivity contribution is 0.442. The molecule has 0 amide bonds. The summed E-state index contributed by atoms with van der Waals surface area (Å²) in [6, 6.07) is 18.7. The quantitative estimate of drug-likeness (QED) is 0.0663. The molecule has 0 heterocycles. The second-order valence-electron chi connectivity index (χ2n) is 24.5. The standard InChI is InChI=1S/C19H21B66.2CH5N/c20-52-70(51)80(68(47)48)84(78(64(39)40)65(41)42)83(85(79(66(43)44)67(45)46)81(69(49)50)72(54-22)57(25)26)74(82(76(60(31)32)61(33)34)77(62(35)36)63(37)38)55(73(71(53-21)56(23)24)75(58(27)28)59(29)30)19-12-10-18(11-13-19)17-8-6-16(7-9-17)14-15-4-2-1-3-5-15;2*1-2/h1-9,18-19H,10-14H2;2*2H2,1H3. The van der Waals surface area contributed by atoms with Crippen molar-refractivity contribution < 1.29 is 0 Å². The Morgan fingerprint density at radius 1 is 0.303 bits per heavy atom. The predicted molar refractivity (Wildman–Crippen MR) is 481 cm³/mol. The van der Waals surface area contributed by atoms with Gasteiger partial charge in [0.05, 0.1) is 0 Å². The lowest BCUT2D eigenvalue weighted by Crippen LogP contribution is -2.97. The second-order valence-corrected chi connectivity index (χ2v) is 24.5. The SMILES string of the molecule is CN.CN.[B][B]B([B])B(B([B])[B])B(B(B([B])[B])B([B])[B])B(B(B(B([B])[B])B([B])[B])B(B([B])[B])B([B][B])B([B])[B])B(B(B(B([B])[B])B([B])[B])B(B([B])[B])B([B])[B])B(B(B([B][B])B([B])[B])B(B([B])[B])B([B])[B])C1CCC(c2ccc(Cc3ccccc3)cc2)CC1. The van der Waals surface area contributed by atoms with Crippen molar-refractivity contribution in [3.63, 3.8) is 0 Å². The number of hydrogen-bond donors (Lipinski definition) is 2. The normalized spacial score (nSPS) is 12.4. The fourth-order valence-electron chi connectivity index (χ4n) is 15.6. The fraction of sp³-hybridized carbons (Fsp3) is 0.429. The molecule has 1 fully saturated rings. The van der Waals surface area contributed by atoms with Crippen LogP contribution >= 0.6 is 0 Å². The molecule has 2 aromatic carbocycles. The van der Waals surface area contributed by atoms with Crippen molar-refractivity contribution >= 4 is 467 Å². The molecule has 68 heteroatoms. The summed E-state index contributed by atoms with van der Waals surface area (Å²) in [5.41, 5.74) is 12.4. The molecule has 2 nitrogen and oxygen atoms in total. The zero-order chi connectivity index (χ0) is 68.8. The zero-order valence-electron chi connectivity index (χ0n) is 52.6. The second kappa shape index (κ2) is 44.7. The molecule has 0 saturated heterocycles. The molecule has 0 aromatic heterocycles. The summed E-state index contributed by atoms with van der Waals surface area (Å²) < 4.78 is 0. The van der Waals surface area contributed by atoms with Crippen molar-refractivity contribution in [1.29, 1.82) is 0 Å². The largest absolute Gasteiger partial charge is 0.333 e. The maximum Gasteiger partial charge on any atom is 0.0491 e. The van der Waals surface area contributed by atoms with Gasteiger partial charge in [-0.05, 0) is 56.0 Å². The average Bonchev–Trinajstić information content (AvgIpc) is 1.05. The summed E-state index contributed by atoms with van der Waals surface area (Å²) in [5, 5.41) is 0. The molecule has 1 aliphatic rings. The van der Waals surface area contributed by atoms with Gasteiger partial charge in [0.2, 0.25) is 0 Å². The topological polar surface area (TPSA) is 52.0 Å². The van der Waals surface area contributed by atoms with E-state index in [4.69, 9.17) is 248 Å². The molecule has 1 aliphatic carbocycles. The Bertz CT molecular complexity index is 2050. The molecule has 2 aromatic rings. The fourth-order valence-corrected chi connectivity index (χ4v) is 15.6. The third kappa shape index (κ3) is 25.0. The van der Waals surface area contributed by atoms with Crippen LogP contribution < -0.4 is 11.5 Å². The van der Waals surface area contributed by atoms with Gasteiger partial charge in [0.1, 0.15) is 0 Å². The van der Waals surface area contributed by atoms with Gasteiger partial charge in [-0.1, -0.05) is 73.3 Å². The summed E-state index contributed by atoms with van der Waals surface area (Å²) in [6.45, 7) is -1.09. The number of nitrogens with two attached hydrogens (primary N) is 2. The van der Waals surface area contributed by atoms with Gasteiger partial charge in [0.25, 0.3) is 0 Å². The minimum atomic E-state index is -1.50. The molecule has 0 unspecified atom stereocenters. The first-order valence-electron chi connectivity index (χ1n) is 30.5. The van der Waals surface area contributed by atoms with E-state index in [2.05, 4.69) is 47.9 Å². The van der Waals surface area contributed by atoms with Crippen molar-refractivity contribution in [3.05, 3.63) is 71.3 Å². The van der Waals surface area contributed by atoms with Crippen molar-refractivity contribution in [2.45, 2.75) is 43.8 Å². The van der Waals surface area contributed by atoms with Crippen LogP contribution in [-0.2, 0) is 6.42 Å². The van der Waals surface area contributed by atoms with Crippen LogP contribution in [0.5, 0.6) is 0 Å². The Balaban J connectivity index is 0.00000969. The minimum absolute atomic E-state index is 0.00362. The van der Waals surface area contributed by atoms with Crippen LogP contribution in [-0.4, -0.2) is 481 Å². The van der Waals surface area contributed by atoms with E-state index >= 15 is 0 Å². The average molecular weight is 1030 g/mol. The van der Waals surface area contributed by atoms with E-state index in [1.54, 1.807) is 0 Å². The Hall–Kier alpha value is 2.65. The zero-order valence-corrected chi connectivity index (χ0v) is 52.6. The predicted octanol–water partition coefficient (Wildman–Crippen LogP) is -20.7. The van der Waals surface area contributed by atoms with Gasteiger partial charge in [-0.15, -0.1) is 0 Å². The van der Waals surface area contributed by atoms with E-state index in [1.165, 1.54) is 40.8 Å². The Labute approximate surface area is 602 Å². The van der Waals surface area contributed by atoms with E-state index in [0.29, 0.717) is 25.7 Å². The van der Waals surface area contributed by atoms with E-state index in [1.807, 2.05) is 18.2 Å². The molecule has 0 spiro atoms. The van der Waals surface area contributed by atoms with Gasteiger partial charge >= 0.3 is 0 Å². The highest BCUT2D eigenvalue weighted by atomic mass is 14.4. The summed E-state index contributed by atoms with van der Waals surface area (Å²) in [7, 11) is 230. The van der Waals surface area contributed by atoms with E-state index in [9.17, 15) is 0 Å². The van der Waals surface area contributed by atoms with Crippen LogP contribution in [0.25, 0.3) is 0 Å². The van der Waals surface area contributed by atoms with Crippen LogP contribution in [0.4, 0.5) is 0 Å². The third-order valence-electron chi connectivity index (χ3n) is 19.0. The van der Waals surface area contributed by atoms with Gasteiger partial charge in [-0.25, -0.2) is 0 Å². The number of hydrogen-bond acceptors (Lipinski definition) is 2. The number of benzene rings is 2. The maximum absolute atomic E-state index is 7.18. The van der Waals surface area contributed by atoms with Crippen molar-refractivity contribution in [1.82, 2.24) is 0 Å². The van der Waals surface area contributed by atoms with Crippen molar-refractivity contribution in [3.8, 4) is 0 Å². The van der Waals surface area contributed by atoms with E-state index in [-0.39, 0.29) is 5.92 Å². The van der Waals surface area contributed by atoms with E-state index < -0.39 is 204 Å². The molecule has 323 valence electrons. The summed E-state index contributed by atoms with van der Waals surface area (Å²) in [6.07, 6.45) is -38.6. The number of rotatable bonds is 37. The first kappa shape index (κ1) is 89.7. The molecule has 89 heavy (non-hydrogen) atoms. The molecule has 0 bridgehead atoms. The Morgan fingerprint density at radius 3 is 0.888 bits per heavy atom. The van der Waals surface area contributed by atoms with Gasteiger partial charge in [0, 0.05) is 467 Å². The van der Waals surface area contributed by atoms with E-state index in [0.717, 1.165) is 17.5 Å². The highest BCUT2D eigenvalue weighted by Gasteiger charge is 2.64. The molecule has 1 saturated carbocycles. The molecule has 0 aliphatic heterocycles. The summed E-state index contributed by atoms with van der Waals surface area (Å²) in [4.78, 5) is 0. The summed E-state index contributed by atoms with van der Waals surface area (Å²) >= 11 is 0. The molecule has 3 rings (SSSR count). The van der Waals surface area contributed by atoms with Crippen LogP contribution in [0.3, 0.4) is 0 Å². The maximum atomic E-state index is 7.18. The third-order valence-corrected chi connectivity index (χ3v) is 19.0. The lowest BCUT2D eigenvalue weighted by Gasteiger charge is -2.60. The molecular formula is C21H31B66N2. The van der Waals surface area contributed by atoms with Gasteiger partial charge in [-0.2, -0.15) is 0 Å². The monoisotopic (exact) mass is 1040 g/mol. The lowest BCUT2D eigenvalue weighted by atomic mass is 8.23. The van der Waals surface area contributed by atoms with Gasteiger partial charge in [-0.3, -0.25) is 0 Å². The van der Waals surface area contributed by atoms with Crippen LogP contribution in [0.2, 0.25) is 5.82 Å². The molecule has 67 radical (unpaired) electrons. The molecule has 0 atom stereocenters. The van der Waals surface area contributed by atoms with Gasteiger partial charge in [0.15, 0.2) is 0 Å². The molecular weight excluding hydrogens is 994 g/mol. The van der Waals surface area contributed by atoms with Gasteiger partial charge < -0.3 is 11.5 Å². The van der Waals surface area contributed by atoms with Crippen molar-refractivity contribution in [2.75, 3.05) is 14.1 Å². The van der Waals surface area contributed by atoms with Crippen molar-refractivity contribution in [2.24, 2.45) is 11.5 Å². The molecule has 4 N–H and O–H groups in total. The summed E-state index contributed by atoms with van der Waals surface area (Å²) in [5.74, 6) is -0.571. The Kier molecular flexibility index (Phi) is 45.0. The first-order valence-corrected chi connectivity index (χ1v) is 30.5. The van der Waals surface area contributed by atoms with Crippen LogP contribution in [0.15, 0.2) is 54.6 Å². The highest BCUT2D eigenvalue weighted by Crippen LogP contribution is 2.43. The van der Waals surface area contributed by atoms with Crippen LogP contribution in [0.1, 0.15) is 48.3 Å². The minimum Gasteiger partial charge on any atom is -0.333 e. The smallest absolute Gasteiger partial charge is 0.0491 e. The first-order chi connectivity index (χ1) is 41.7. The van der Waals surface area contributed by atoms with Crippen LogP contribution in [0, 0.1) is 0 Å².